The van der Waals surface area contributed by atoms with Crippen LogP contribution in [0, 0.1) is 5.41 Å². The van der Waals surface area contributed by atoms with Gasteiger partial charge in [-0.1, -0.05) is 46.8 Å². The molecular weight excluding hydrogens is 264 g/mol. The van der Waals surface area contributed by atoms with Gasteiger partial charge in [0.2, 0.25) is 0 Å². The molecule has 0 amide bonds. The quantitative estimate of drug-likeness (QED) is 0.786. The molecule has 0 spiro atoms. The van der Waals surface area contributed by atoms with E-state index in [2.05, 4.69) is 46.8 Å². The van der Waals surface area contributed by atoms with Crippen molar-refractivity contribution in [1.29, 1.82) is 0 Å². The molecule has 0 aliphatic rings. The van der Waals surface area contributed by atoms with Crippen LogP contribution in [0.15, 0.2) is 24.3 Å². The lowest BCUT2D eigenvalue weighted by molar-refractivity contribution is -0.305. The first kappa shape index (κ1) is 18.0. The first-order valence-corrected chi connectivity index (χ1v) is 7.61. The fourth-order valence-corrected chi connectivity index (χ4v) is 2.92. The predicted molar refractivity (Wildman–Crippen MR) is 86.4 cm³/mol. The number of ether oxygens (including phenoxy) is 2. The molecule has 0 aliphatic carbocycles. The summed E-state index contributed by atoms with van der Waals surface area (Å²) in [6.07, 6.45) is 1.09. The maximum atomic E-state index is 9.91. The minimum Gasteiger partial charge on any atom is -0.439 e. The molecule has 3 nitrogen and oxygen atoms in total. The molecule has 1 N–H and O–H groups in total. The molecule has 0 bridgehead atoms. The summed E-state index contributed by atoms with van der Waals surface area (Å²) in [5, 5.41) is 9.91. The van der Waals surface area contributed by atoms with Gasteiger partial charge in [0, 0.05) is 6.92 Å². The van der Waals surface area contributed by atoms with Crippen LogP contribution in [-0.4, -0.2) is 17.7 Å². The maximum Gasteiger partial charge on any atom is 0.321 e. The highest BCUT2D eigenvalue weighted by Crippen LogP contribution is 2.36. The van der Waals surface area contributed by atoms with Gasteiger partial charge in [0.25, 0.3) is 0 Å². The lowest BCUT2D eigenvalue weighted by Crippen LogP contribution is -2.35. The Morgan fingerprint density at radius 1 is 0.952 bits per heavy atom. The lowest BCUT2D eigenvalue weighted by Gasteiger charge is -2.33. The van der Waals surface area contributed by atoms with Gasteiger partial charge >= 0.3 is 5.97 Å². The van der Waals surface area contributed by atoms with Gasteiger partial charge in [-0.3, -0.25) is 0 Å². The summed E-state index contributed by atoms with van der Waals surface area (Å²) in [6.45, 7) is 15.0. The highest BCUT2D eigenvalue weighted by molar-refractivity contribution is 5.32. The normalized spacial score (nSPS) is 15.6. The first-order valence-electron chi connectivity index (χ1n) is 7.61. The van der Waals surface area contributed by atoms with Crippen LogP contribution in [0.2, 0.25) is 0 Å². The van der Waals surface area contributed by atoms with Gasteiger partial charge in [-0.25, -0.2) is 0 Å². The molecule has 1 aromatic carbocycles. The minimum atomic E-state index is -1.59. The Balaban J connectivity index is 2.83. The van der Waals surface area contributed by atoms with E-state index in [-0.39, 0.29) is 10.8 Å². The molecule has 0 saturated heterocycles. The molecule has 0 aliphatic heterocycles. The van der Waals surface area contributed by atoms with Crippen molar-refractivity contribution in [2.75, 3.05) is 6.61 Å². The van der Waals surface area contributed by atoms with Gasteiger partial charge in [-0.05, 0) is 41.9 Å². The Hall–Kier alpha value is -1.06. The fourth-order valence-electron chi connectivity index (χ4n) is 2.92. The number of aliphatic hydroxyl groups is 1. The Morgan fingerprint density at radius 2 is 1.48 bits per heavy atom. The average molecular weight is 294 g/mol. The fraction of sp³-hybridized carbons (Fsp3) is 0.667. The number of hydrogen-bond acceptors (Lipinski definition) is 3. The maximum absolute atomic E-state index is 9.91. The number of rotatable bonds is 6. The Labute approximate surface area is 129 Å². The molecule has 21 heavy (non-hydrogen) atoms. The molecule has 0 aromatic heterocycles. The van der Waals surface area contributed by atoms with E-state index >= 15 is 0 Å². The van der Waals surface area contributed by atoms with Gasteiger partial charge in [-0.2, -0.15) is 0 Å². The van der Waals surface area contributed by atoms with Crippen LogP contribution in [0.4, 0.5) is 0 Å². The van der Waals surface area contributed by atoms with E-state index in [1.54, 1.807) is 0 Å². The Bertz CT molecular complexity index is 439. The summed E-state index contributed by atoms with van der Waals surface area (Å²) >= 11 is 0. The van der Waals surface area contributed by atoms with Crippen molar-refractivity contribution in [1.82, 2.24) is 0 Å². The third kappa shape index (κ3) is 6.06. The van der Waals surface area contributed by atoms with Crippen molar-refractivity contribution in [3.05, 3.63) is 29.8 Å². The van der Waals surface area contributed by atoms with Crippen molar-refractivity contribution < 1.29 is 14.6 Å². The summed E-state index contributed by atoms with van der Waals surface area (Å²) in [6, 6.07) is 7.88. The molecule has 120 valence electrons. The second-order valence-corrected chi connectivity index (χ2v) is 7.58. The summed E-state index contributed by atoms with van der Waals surface area (Å²) in [7, 11) is 0. The third-order valence-corrected chi connectivity index (χ3v) is 3.33. The SMILES string of the molecule is CCOC(C)(O)Oc1ccc(C(C)(C)CC(C)(C)C)cc1. The van der Waals surface area contributed by atoms with E-state index in [1.165, 1.54) is 12.5 Å². The molecule has 0 heterocycles. The number of benzene rings is 1. The highest BCUT2D eigenvalue weighted by atomic mass is 16.8. The highest BCUT2D eigenvalue weighted by Gasteiger charge is 2.28. The van der Waals surface area contributed by atoms with Crippen LogP contribution in [-0.2, 0) is 10.2 Å². The predicted octanol–water partition coefficient (Wildman–Crippen LogP) is 4.48. The van der Waals surface area contributed by atoms with Crippen molar-refractivity contribution >= 4 is 0 Å². The number of hydrogen-bond donors (Lipinski definition) is 1. The largest absolute Gasteiger partial charge is 0.439 e. The monoisotopic (exact) mass is 294 g/mol. The average Bonchev–Trinajstić information content (AvgIpc) is 2.25. The Morgan fingerprint density at radius 3 is 1.90 bits per heavy atom. The molecule has 1 unspecified atom stereocenters. The van der Waals surface area contributed by atoms with Gasteiger partial charge < -0.3 is 14.6 Å². The van der Waals surface area contributed by atoms with E-state index in [9.17, 15) is 5.11 Å². The van der Waals surface area contributed by atoms with Crippen LogP contribution in [0.5, 0.6) is 5.75 Å². The molecule has 0 fully saturated rings. The second-order valence-electron chi connectivity index (χ2n) is 7.58. The van der Waals surface area contributed by atoms with Crippen molar-refractivity contribution in [2.45, 2.75) is 66.3 Å². The van der Waals surface area contributed by atoms with Crippen LogP contribution in [0.25, 0.3) is 0 Å². The van der Waals surface area contributed by atoms with Crippen LogP contribution in [0.1, 0.15) is 60.5 Å². The van der Waals surface area contributed by atoms with Crippen LogP contribution < -0.4 is 4.74 Å². The lowest BCUT2D eigenvalue weighted by atomic mass is 9.72. The van der Waals surface area contributed by atoms with Crippen molar-refractivity contribution in [3.8, 4) is 5.75 Å². The van der Waals surface area contributed by atoms with Gasteiger partial charge in [0.15, 0.2) is 0 Å². The van der Waals surface area contributed by atoms with Crippen LogP contribution >= 0.6 is 0 Å². The minimum absolute atomic E-state index is 0.0964. The summed E-state index contributed by atoms with van der Waals surface area (Å²) in [4.78, 5) is 0. The van der Waals surface area contributed by atoms with E-state index in [4.69, 9.17) is 9.47 Å². The van der Waals surface area contributed by atoms with E-state index in [0.29, 0.717) is 12.4 Å². The summed E-state index contributed by atoms with van der Waals surface area (Å²) < 4.78 is 10.6. The zero-order valence-corrected chi connectivity index (χ0v) is 14.5. The van der Waals surface area contributed by atoms with Gasteiger partial charge in [-0.15, -0.1) is 0 Å². The molecule has 1 atom stereocenters. The molecule has 1 rings (SSSR count). The smallest absolute Gasteiger partial charge is 0.321 e. The van der Waals surface area contributed by atoms with E-state index in [1.807, 2.05) is 19.1 Å². The zero-order chi connectivity index (χ0) is 16.3. The van der Waals surface area contributed by atoms with Crippen molar-refractivity contribution in [2.24, 2.45) is 5.41 Å². The molecule has 3 heteroatoms. The van der Waals surface area contributed by atoms with Crippen molar-refractivity contribution in [3.63, 3.8) is 0 Å². The Kier molecular flexibility index (Phi) is 5.46. The molecular formula is C18H30O3. The van der Waals surface area contributed by atoms with Gasteiger partial charge in [0.05, 0.1) is 6.61 Å². The summed E-state index contributed by atoms with van der Waals surface area (Å²) in [5.74, 6) is -0.985. The third-order valence-electron chi connectivity index (χ3n) is 3.33. The molecule has 0 radical (unpaired) electrons. The topological polar surface area (TPSA) is 38.7 Å². The van der Waals surface area contributed by atoms with Crippen LogP contribution in [0.3, 0.4) is 0 Å². The molecule has 1 aromatic rings. The molecule has 0 saturated carbocycles. The van der Waals surface area contributed by atoms with E-state index in [0.717, 1.165) is 6.42 Å². The second kappa shape index (κ2) is 6.37. The van der Waals surface area contributed by atoms with Gasteiger partial charge in [0.1, 0.15) is 5.75 Å². The van der Waals surface area contributed by atoms with E-state index < -0.39 is 5.97 Å². The summed E-state index contributed by atoms with van der Waals surface area (Å²) in [5.41, 5.74) is 1.64. The standard InChI is InChI=1S/C18H30O3/c1-8-20-18(7,19)21-15-11-9-14(10-12-15)17(5,6)13-16(2,3)4/h9-12,19H,8,13H2,1-7H3. The first-order chi connectivity index (χ1) is 9.45. The zero-order valence-electron chi connectivity index (χ0n) is 14.5.